The smallest absolute Gasteiger partial charge is 0.319 e. The predicted molar refractivity (Wildman–Crippen MR) is 95.6 cm³/mol. The molecule has 0 saturated carbocycles. The van der Waals surface area contributed by atoms with Crippen molar-refractivity contribution in [3.63, 3.8) is 0 Å². The Hall–Kier alpha value is -1.98. The van der Waals surface area contributed by atoms with Gasteiger partial charge in [-0.25, -0.2) is 9.18 Å². The lowest BCUT2D eigenvalue weighted by molar-refractivity contribution is 0.249. The molecule has 1 saturated heterocycles. The van der Waals surface area contributed by atoms with Crippen molar-refractivity contribution in [1.82, 2.24) is 5.32 Å². The van der Waals surface area contributed by atoms with Gasteiger partial charge in [-0.05, 0) is 42.8 Å². The van der Waals surface area contributed by atoms with Crippen molar-refractivity contribution < 1.29 is 9.18 Å². The third-order valence-electron chi connectivity index (χ3n) is 3.87. The van der Waals surface area contributed by atoms with Crippen LogP contribution in [0.1, 0.15) is 6.42 Å². The quantitative estimate of drug-likeness (QED) is 0.836. The lowest BCUT2D eigenvalue weighted by Gasteiger charge is -2.19. The Labute approximate surface area is 149 Å². The number of halogens is 3. The molecular formula is C17H16Cl2FN3O. The van der Waals surface area contributed by atoms with E-state index < -0.39 is 0 Å². The van der Waals surface area contributed by atoms with Gasteiger partial charge in [0.2, 0.25) is 0 Å². The van der Waals surface area contributed by atoms with Crippen molar-refractivity contribution >= 4 is 40.6 Å². The Morgan fingerprint density at radius 2 is 2.04 bits per heavy atom. The van der Waals surface area contributed by atoms with Crippen LogP contribution in [0, 0.1) is 5.82 Å². The molecule has 126 valence electrons. The van der Waals surface area contributed by atoms with Crippen LogP contribution < -0.4 is 15.5 Å². The van der Waals surface area contributed by atoms with E-state index >= 15 is 0 Å². The Balaban J connectivity index is 1.57. The van der Waals surface area contributed by atoms with Gasteiger partial charge in [0.1, 0.15) is 5.82 Å². The van der Waals surface area contributed by atoms with Crippen molar-refractivity contribution in [3.8, 4) is 0 Å². The molecule has 24 heavy (non-hydrogen) atoms. The maximum atomic E-state index is 13.3. The van der Waals surface area contributed by atoms with Gasteiger partial charge in [0.05, 0.1) is 10.7 Å². The zero-order valence-electron chi connectivity index (χ0n) is 12.7. The first-order valence-electron chi connectivity index (χ1n) is 7.54. The van der Waals surface area contributed by atoms with Crippen LogP contribution in [0.5, 0.6) is 0 Å². The highest BCUT2D eigenvalue weighted by Crippen LogP contribution is 2.25. The number of benzene rings is 2. The minimum Gasteiger partial charge on any atom is -0.369 e. The normalized spacial score (nSPS) is 17.0. The number of carbonyl (C=O) groups excluding carboxylic acids is 1. The molecular weight excluding hydrogens is 352 g/mol. The summed E-state index contributed by atoms with van der Waals surface area (Å²) in [5, 5.41) is 6.51. The molecule has 0 radical (unpaired) electrons. The third-order valence-corrected chi connectivity index (χ3v) is 4.44. The van der Waals surface area contributed by atoms with E-state index in [-0.39, 0.29) is 17.9 Å². The number of amides is 2. The van der Waals surface area contributed by atoms with E-state index in [0.717, 1.165) is 18.7 Å². The number of nitrogens with zero attached hydrogens (tertiary/aromatic N) is 1. The Kier molecular flexibility index (Phi) is 5.11. The van der Waals surface area contributed by atoms with E-state index in [0.29, 0.717) is 22.3 Å². The molecule has 0 aromatic heterocycles. The summed E-state index contributed by atoms with van der Waals surface area (Å²) in [6, 6.07) is 11.0. The van der Waals surface area contributed by atoms with Crippen LogP contribution in [-0.4, -0.2) is 25.2 Å². The molecule has 7 heteroatoms. The summed E-state index contributed by atoms with van der Waals surface area (Å²) in [6.07, 6.45) is 0.785. The first-order chi connectivity index (χ1) is 11.5. The maximum absolute atomic E-state index is 13.3. The van der Waals surface area contributed by atoms with Gasteiger partial charge < -0.3 is 15.5 Å². The van der Waals surface area contributed by atoms with Crippen LogP contribution >= 0.6 is 23.2 Å². The maximum Gasteiger partial charge on any atom is 0.319 e. The molecule has 3 rings (SSSR count). The molecule has 1 fully saturated rings. The molecule has 2 N–H and O–H groups in total. The highest BCUT2D eigenvalue weighted by atomic mass is 35.5. The Morgan fingerprint density at radius 1 is 1.21 bits per heavy atom. The van der Waals surface area contributed by atoms with E-state index in [4.69, 9.17) is 23.2 Å². The predicted octanol–water partition coefficient (Wildman–Crippen LogP) is 4.53. The molecule has 1 atom stereocenters. The molecule has 2 aromatic rings. The number of hydrogen-bond donors (Lipinski definition) is 2. The molecule has 0 aliphatic carbocycles. The molecule has 1 aliphatic rings. The van der Waals surface area contributed by atoms with E-state index in [1.165, 1.54) is 12.1 Å². The lowest BCUT2D eigenvalue weighted by Crippen LogP contribution is -2.39. The van der Waals surface area contributed by atoms with Crippen molar-refractivity contribution in [2.75, 3.05) is 23.3 Å². The van der Waals surface area contributed by atoms with Crippen LogP contribution in [0.15, 0.2) is 42.5 Å². The number of hydrogen-bond acceptors (Lipinski definition) is 2. The molecule has 2 aromatic carbocycles. The van der Waals surface area contributed by atoms with Crippen LogP contribution in [0.4, 0.5) is 20.6 Å². The standard InChI is InChI=1S/C17H16Cl2FN3O/c18-11-4-5-15(19)16(8-11)22-17(24)21-13-6-7-23(10-13)14-3-1-2-12(20)9-14/h1-5,8-9,13H,6-7,10H2,(H2,21,22,24). The van der Waals surface area contributed by atoms with Crippen molar-refractivity contribution in [2.45, 2.75) is 12.5 Å². The van der Waals surface area contributed by atoms with Gasteiger partial charge in [-0.2, -0.15) is 0 Å². The van der Waals surface area contributed by atoms with Crippen LogP contribution in [0.2, 0.25) is 10.0 Å². The summed E-state index contributed by atoms with van der Waals surface area (Å²) in [5.74, 6) is -0.266. The van der Waals surface area contributed by atoms with Gasteiger partial charge >= 0.3 is 6.03 Å². The highest BCUT2D eigenvalue weighted by Gasteiger charge is 2.24. The van der Waals surface area contributed by atoms with Gasteiger partial charge in [-0.3, -0.25) is 0 Å². The molecule has 1 unspecified atom stereocenters. The summed E-state index contributed by atoms with van der Waals surface area (Å²) in [5.41, 5.74) is 1.28. The van der Waals surface area contributed by atoms with Crippen molar-refractivity contribution in [2.24, 2.45) is 0 Å². The van der Waals surface area contributed by atoms with Gasteiger partial charge in [0, 0.05) is 29.8 Å². The van der Waals surface area contributed by atoms with E-state index in [1.54, 1.807) is 24.3 Å². The largest absolute Gasteiger partial charge is 0.369 e. The van der Waals surface area contributed by atoms with Gasteiger partial charge in [0.25, 0.3) is 0 Å². The monoisotopic (exact) mass is 367 g/mol. The number of anilines is 2. The Morgan fingerprint density at radius 3 is 2.83 bits per heavy atom. The fourth-order valence-corrected chi connectivity index (χ4v) is 3.06. The van der Waals surface area contributed by atoms with Gasteiger partial charge in [0.15, 0.2) is 0 Å². The molecule has 1 aliphatic heterocycles. The van der Waals surface area contributed by atoms with Crippen LogP contribution in [0.25, 0.3) is 0 Å². The molecule has 2 amide bonds. The molecule has 0 spiro atoms. The first-order valence-corrected chi connectivity index (χ1v) is 8.30. The van der Waals surface area contributed by atoms with E-state index in [9.17, 15) is 9.18 Å². The zero-order chi connectivity index (χ0) is 17.1. The summed E-state index contributed by atoms with van der Waals surface area (Å²) in [4.78, 5) is 14.2. The summed E-state index contributed by atoms with van der Waals surface area (Å²) in [6.45, 7) is 1.38. The van der Waals surface area contributed by atoms with Crippen molar-refractivity contribution in [3.05, 3.63) is 58.3 Å². The van der Waals surface area contributed by atoms with Gasteiger partial charge in [-0.15, -0.1) is 0 Å². The number of carbonyl (C=O) groups is 1. The second-order valence-electron chi connectivity index (χ2n) is 5.63. The fraction of sp³-hybridized carbons (Fsp3) is 0.235. The van der Waals surface area contributed by atoms with Gasteiger partial charge in [-0.1, -0.05) is 29.3 Å². The summed E-state index contributed by atoms with van der Waals surface area (Å²) >= 11 is 11.9. The topological polar surface area (TPSA) is 44.4 Å². The molecule has 1 heterocycles. The van der Waals surface area contributed by atoms with E-state index in [2.05, 4.69) is 10.6 Å². The average Bonchev–Trinajstić information content (AvgIpc) is 2.99. The summed E-state index contributed by atoms with van der Waals surface area (Å²) in [7, 11) is 0. The Bertz CT molecular complexity index is 756. The number of nitrogens with one attached hydrogen (secondary N) is 2. The SMILES string of the molecule is O=C(Nc1cc(Cl)ccc1Cl)NC1CCN(c2cccc(F)c2)C1. The van der Waals surface area contributed by atoms with Crippen LogP contribution in [-0.2, 0) is 0 Å². The zero-order valence-corrected chi connectivity index (χ0v) is 14.2. The highest BCUT2D eigenvalue weighted by molar-refractivity contribution is 6.35. The molecule has 4 nitrogen and oxygen atoms in total. The number of rotatable bonds is 3. The second kappa shape index (κ2) is 7.28. The third kappa shape index (κ3) is 4.10. The lowest BCUT2D eigenvalue weighted by atomic mass is 10.2. The van der Waals surface area contributed by atoms with Crippen molar-refractivity contribution in [1.29, 1.82) is 0 Å². The first kappa shape index (κ1) is 16.9. The van der Waals surface area contributed by atoms with E-state index in [1.807, 2.05) is 11.0 Å². The minimum absolute atomic E-state index is 0.0220. The number of urea groups is 1. The van der Waals surface area contributed by atoms with Crippen LogP contribution in [0.3, 0.4) is 0 Å². The average molecular weight is 368 g/mol. The second-order valence-corrected chi connectivity index (χ2v) is 6.48. The minimum atomic E-state index is -0.342. The fourth-order valence-electron chi connectivity index (χ4n) is 2.72. The molecule has 0 bridgehead atoms. The summed E-state index contributed by atoms with van der Waals surface area (Å²) < 4.78 is 13.3.